The molecule has 0 fully saturated rings. The molecule has 0 radical (unpaired) electrons. The Labute approximate surface area is 168 Å². The number of hydrogen-bond donors (Lipinski definition) is 0. The fraction of sp³-hybridized carbons (Fsp3) is 0.750. The smallest absolute Gasteiger partial charge is 0.0677 e. The van der Waals surface area contributed by atoms with Crippen LogP contribution in [0.5, 0.6) is 0 Å². The first-order valence-corrected chi connectivity index (χ1v) is 16.9. The summed E-state index contributed by atoms with van der Waals surface area (Å²) in [5.41, 5.74) is 0. The topological polar surface area (TPSA) is 0 Å². The molecule has 2 unspecified atom stereocenters. The Kier molecular flexibility index (Phi) is 14.3. The molecule has 1 aromatic rings. The average molecular weight is 391 g/mol. The number of hydrogen-bond acceptors (Lipinski definition) is 0. The summed E-state index contributed by atoms with van der Waals surface area (Å²) in [6.07, 6.45) is 17.2. The van der Waals surface area contributed by atoms with E-state index in [1.54, 1.807) is 10.4 Å². The van der Waals surface area contributed by atoms with Gasteiger partial charge in [-0.1, -0.05) is 151 Å². The molecule has 1 aromatic carbocycles. The molecule has 0 spiro atoms. The number of benzene rings is 1. The van der Waals surface area contributed by atoms with E-state index in [-0.39, 0.29) is 0 Å². The molecule has 0 aliphatic rings. The first kappa shape index (κ1) is 23.7. The van der Waals surface area contributed by atoms with Crippen molar-refractivity contribution in [1.29, 1.82) is 0 Å². The first-order valence-electron chi connectivity index (χ1n) is 11.8. The van der Waals surface area contributed by atoms with Crippen molar-refractivity contribution in [2.75, 3.05) is 0 Å². The van der Waals surface area contributed by atoms with Crippen LogP contribution in [-0.4, -0.2) is 17.6 Å². The van der Waals surface area contributed by atoms with E-state index in [9.17, 15) is 0 Å². The van der Waals surface area contributed by atoms with Crippen molar-refractivity contribution in [3.05, 3.63) is 24.3 Å². The highest BCUT2D eigenvalue weighted by atomic mass is 28.3. The van der Waals surface area contributed by atoms with Gasteiger partial charge in [0.25, 0.3) is 0 Å². The third-order valence-corrected chi connectivity index (χ3v) is 11.7. The molecule has 0 saturated carbocycles. The molecular weight excluding hydrogens is 344 g/mol. The van der Waals surface area contributed by atoms with Crippen LogP contribution in [0.2, 0.25) is 25.2 Å². The van der Waals surface area contributed by atoms with E-state index >= 15 is 0 Å². The van der Waals surface area contributed by atoms with E-state index in [1.165, 1.54) is 89.1 Å². The third-order valence-electron chi connectivity index (χ3n) is 6.06. The largest absolute Gasteiger partial charge is 0.0680 e. The lowest BCUT2D eigenvalue weighted by molar-refractivity contribution is 0.623. The molecule has 2 heteroatoms. The minimum Gasteiger partial charge on any atom is -0.0680 e. The lowest BCUT2D eigenvalue weighted by Gasteiger charge is -2.14. The van der Waals surface area contributed by atoms with Gasteiger partial charge in [-0.2, -0.15) is 0 Å². The summed E-state index contributed by atoms with van der Waals surface area (Å²) >= 11 is 0. The second-order valence-corrected chi connectivity index (χ2v) is 14.7. The van der Waals surface area contributed by atoms with Crippen molar-refractivity contribution in [3.63, 3.8) is 0 Å². The highest BCUT2D eigenvalue weighted by Crippen LogP contribution is 2.11. The molecule has 2 atom stereocenters. The molecule has 0 nitrogen and oxygen atoms in total. The van der Waals surface area contributed by atoms with E-state index in [0.29, 0.717) is 0 Å². The van der Waals surface area contributed by atoms with Gasteiger partial charge in [-0.05, 0) is 0 Å². The zero-order chi connectivity index (χ0) is 19.0. The zero-order valence-corrected chi connectivity index (χ0v) is 20.7. The van der Waals surface area contributed by atoms with Crippen molar-refractivity contribution >= 4 is 28.0 Å². The molecule has 0 aliphatic heterocycles. The fourth-order valence-corrected chi connectivity index (χ4v) is 8.12. The highest BCUT2D eigenvalue weighted by molar-refractivity contribution is 6.73. The van der Waals surface area contributed by atoms with Gasteiger partial charge in [-0.25, -0.2) is 0 Å². The molecule has 0 bridgehead atoms. The normalized spacial score (nSPS) is 13.7. The zero-order valence-electron chi connectivity index (χ0n) is 18.4. The van der Waals surface area contributed by atoms with Gasteiger partial charge in [0, 0.05) is 0 Å². The maximum Gasteiger partial charge on any atom is 0.0677 e. The van der Waals surface area contributed by atoms with Gasteiger partial charge in [0.1, 0.15) is 0 Å². The Morgan fingerprint density at radius 1 is 0.500 bits per heavy atom. The third kappa shape index (κ3) is 10.7. The Morgan fingerprint density at radius 2 is 0.808 bits per heavy atom. The molecule has 150 valence electrons. The molecule has 0 saturated heterocycles. The van der Waals surface area contributed by atoms with E-state index in [4.69, 9.17) is 0 Å². The van der Waals surface area contributed by atoms with Gasteiger partial charge in [0.05, 0.1) is 17.6 Å². The first-order chi connectivity index (χ1) is 12.7. The Balaban J connectivity index is 2.24. The molecule has 0 N–H and O–H groups in total. The maximum atomic E-state index is 2.55. The Bertz CT molecular complexity index is 385. The Hall–Kier alpha value is -0.346. The minimum absolute atomic E-state index is 0.695. The SMILES string of the molecule is CCCCCCCC[SiH](C)c1ccc([SiH](C)CCCCCCCC)cc1. The van der Waals surface area contributed by atoms with Gasteiger partial charge in [-0.15, -0.1) is 0 Å². The minimum atomic E-state index is -0.695. The standard InChI is InChI=1S/C24H46Si2/c1-5-7-9-11-13-15-21-25(3)23-17-19-24(20-18-23)26(4)22-16-14-12-10-8-6-2/h17-20,25-26H,5-16,21-22H2,1-4H3. The van der Waals surface area contributed by atoms with Crippen LogP contribution < -0.4 is 10.4 Å². The predicted octanol–water partition coefficient (Wildman–Crippen LogP) is 6.54. The maximum absolute atomic E-state index is 2.55. The summed E-state index contributed by atoms with van der Waals surface area (Å²) in [5.74, 6) is 0. The molecule has 0 aromatic heterocycles. The van der Waals surface area contributed by atoms with Gasteiger partial charge < -0.3 is 0 Å². The van der Waals surface area contributed by atoms with Crippen LogP contribution in [0.3, 0.4) is 0 Å². The molecule has 0 aliphatic carbocycles. The summed E-state index contributed by atoms with van der Waals surface area (Å²) in [4.78, 5) is 0. The van der Waals surface area contributed by atoms with E-state index in [2.05, 4.69) is 51.2 Å². The van der Waals surface area contributed by atoms with E-state index in [0.717, 1.165) is 0 Å². The summed E-state index contributed by atoms with van der Waals surface area (Å²) < 4.78 is 0. The van der Waals surface area contributed by atoms with Crippen LogP contribution in [0.15, 0.2) is 24.3 Å². The number of rotatable bonds is 16. The van der Waals surface area contributed by atoms with Crippen LogP contribution in [0.4, 0.5) is 0 Å². The van der Waals surface area contributed by atoms with Crippen molar-refractivity contribution in [2.24, 2.45) is 0 Å². The lowest BCUT2D eigenvalue weighted by atomic mass is 10.1. The van der Waals surface area contributed by atoms with E-state index in [1.807, 2.05) is 0 Å². The van der Waals surface area contributed by atoms with Crippen LogP contribution in [-0.2, 0) is 0 Å². The summed E-state index contributed by atoms with van der Waals surface area (Å²) in [6.45, 7) is 9.71. The van der Waals surface area contributed by atoms with Gasteiger partial charge in [0.2, 0.25) is 0 Å². The average Bonchev–Trinajstić information content (AvgIpc) is 2.67. The van der Waals surface area contributed by atoms with Crippen molar-refractivity contribution in [3.8, 4) is 0 Å². The molecule has 0 heterocycles. The second-order valence-electron chi connectivity index (χ2n) is 8.58. The quantitative estimate of drug-likeness (QED) is 0.222. The predicted molar refractivity (Wildman–Crippen MR) is 128 cm³/mol. The molecule has 26 heavy (non-hydrogen) atoms. The van der Waals surface area contributed by atoms with Crippen molar-refractivity contribution in [1.82, 2.24) is 0 Å². The van der Waals surface area contributed by atoms with Crippen molar-refractivity contribution in [2.45, 2.75) is 116 Å². The van der Waals surface area contributed by atoms with Crippen LogP contribution in [0, 0.1) is 0 Å². The highest BCUT2D eigenvalue weighted by Gasteiger charge is 2.10. The summed E-state index contributed by atoms with van der Waals surface area (Å²) in [5, 5.41) is 3.39. The fourth-order valence-electron chi connectivity index (χ4n) is 3.95. The molecular formula is C24H46Si2. The van der Waals surface area contributed by atoms with Gasteiger partial charge in [-0.3, -0.25) is 0 Å². The van der Waals surface area contributed by atoms with Crippen molar-refractivity contribution < 1.29 is 0 Å². The Morgan fingerprint density at radius 3 is 1.15 bits per heavy atom. The summed E-state index contributed by atoms with van der Waals surface area (Å²) in [7, 11) is -1.39. The van der Waals surface area contributed by atoms with E-state index < -0.39 is 17.6 Å². The van der Waals surface area contributed by atoms with Crippen LogP contribution in [0.25, 0.3) is 0 Å². The van der Waals surface area contributed by atoms with Crippen LogP contribution in [0.1, 0.15) is 90.9 Å². The van der Waals surface area contributed by atoms with Crippen LogP contribution >= 0.6 is 0 Å². The lowest BCUT2D eigenvalue weighted by Crippen LogP contribution is -2.31. The molecule has 1 rings (SSSR count). The van der Waals surface area contributed by atoms with Gasteiger partial charge >= 0.3 is 0 Å². The van der Waals surface area contributed by atoms with Gasteiger partial charge in [0.15, 0.2) is 0 Å². The number of unbranched alkanes of at least 4 members (excludes halogenated alkanes) is 10. The summed E-state index contributed by atoms with van der Waals surface area (Å²) in [6, 6.07) is 13.0. The monoisotopic (exact) mass is 390 g/mol. The molecule has 0 amide bonds. The second kappa shape index (κ2) is 15.7.